The molecule has 0 N–H and O–H groups in total. The molecule has 5 heteroatoms. The Labute approximate surface area is 128 Å². The van der Waals surface area contributed by atoms with Crippen LogP contribution in [0.4, 0.5) is 0 Å². The molecular weight excluding hydrogens is 282 g/mol. The molecule has 2 atom stereocenters. The predicted octanol–water partition coefficient (Wildman–Crippen LogP) is 3.17. The molecule has 0 aromatic carbocycles. The van der Waals surface area contributed by atoms with Crippen LogP contribution in [0.15, 0.2) is 4.90 Å². The van der Waals surface area contributed by atoms with Crippen LogP contribution < -0.4 is 0 Å². The lowest BCUT2D eigenvalue weighted by Gasteiger charge is -2.27. The quantitative estimate of drug-likeness (QED) is 0.855. The minimum Gasteiger partial charge on any atom is -0.255 e. The summed E-state index contributed by atoms with van der Waals surface area (Å²) >= 11 is 0. The number of unbranched alkanes of at least 4 members (excludes halogenated alkanes) is 1. The van der Waals surface area contributed by atoms with Crippen LogP contribution in [0.1, 0.15) is 67.5 Å². The minimum atomic E-state index is -1.28. The van der Waals surface area contributed by atoms with Crippen molar-refractivity contribution in [3.8, 4) is 12.1 Å². The molecule has 1 aliphatic carbocycles. The summed E-state index contributed by atoms with van der Waals surface area (Å²) in [7, 11) is -1.28. The number of aromatic nitrogens is 1. The molecule has 4 nitrogen and oxygen atoms in total. The zero-order valence-electron chi connectivity index (χ0n) is 12.5. The van der Waals surface area contributed by atoms with Gasteiger partial charge < -0.3 is 0 Å². The molecule has 0 aliphatic heterocycles. The largest absolute Gasteiger partial charge is 0.255 e. The lowest BCUT2D eigenvalue weighted by Crippen LogP contribution is -2.18. The van der Waals surface area contributed by atoms with Crippen LogP contribution in [0.5, 0.6) is 0 Å². The maximum Gasteiger partial charge on any atom is 0.159 e. The van der Waals surface area contributed by atoms with Crippen LogP contribution >= 0.6 is 0 Å². The van der Waals surface area contributed by atoms with Gasteiger partial charge in [-0.2, -0.15) is 10.5 Å². The molecular formula is C16H19N3OS. The van der Waals surface area contributed by atoms with Crippen molar-refractivity contribution in [3.05, 3.63) is 22.5 Å². The molecule has 0 spiro atoms. The first-order valence-corrected chi connectivity index (χ1v) is 8.90. The number of nitriles is 2. The molecule has 0 fully saturated rings. The van der Waals surface area contributed by atoms with E-state index in [1.54, 1.807) is 6.26 Å². The van der Waals surface area contributed by atoms with E-state index in [1.807, 2.05) is 12.1 Å². The van der Waals surface area contributed by atoms with Crippen molar-refractivity contribution in [3.63, 3.8) is 0 Å². The Morgan fingerprint density at radius 3 is 2.71 bits per heavy atom. The maximum absolute atomic E-state index is 12.2. The van der Waals surface area contributed by atoms with Crippen LogP contribution in [0.25, 0.3) is 0 Å². The Bertz CT molecular complexity index is 655. The molecule has 21 heavy (non-hydrogen) atoms. The van der Waals surface area contributed by atoms with E-state index in [4.69, 9.17) is 0 Å². The molecule has 1 heterocycles. The maximum atomic E-state index is 12.2. The lowest BCUT2D eigenvalue weighted by atomic mass is 9.81. The van der Waals surface area contributed by atoms with Gasteiger partial charge in [0, 0.05) is 11.9 Å². The lowest BCUT2D eigenvalue weighted by molar-refractivity contribution is 0.486. The Morgan fingerprint density at radius 1 is 1.38 bits per heavy atom. The zero-order valence-corrected chi connectivity index (χ0v) is 13.3. The Hall–Kier alpha value is -1.72. The smallest absolute Gasteiger partial charge is 0.159 e. The molecule has 110 valence electrons. The van der Waals surface area contributed by atoms with Gasteiger partial charge >= 0.3 is 0 Å². The molecule has 0 saturated heterocycles. The summed E-state index contributed by atoms with van der Waals surface area (Å²) in [6.07, 6.45) is 7.75. The van der Waals surface area contributed by atoms with Crippen LogP contribution in [0.3, 0.4) is 0 Å². The van der Waals surface area contributed by atoms with Crippen molar-refractivity contribution in [2.75, 3.05) is 6.26 Å². The topological polar surface area (TPSA) is 77.5 Å². The summed E-state index contributed by atoms with van der Waals surface area (Å²) in [6, 6.07) is 4.03. The highest BCUT2D eigenvalue weighted by molar-refractivity contribution is 7.84. The van der Waals surface area contributed by atoms with E-state index in [1.165, 1.54) is 0 Å². The Balaban J connectivity index is 2.67. The van der Waals surface area contributed by atoms with Gasteiger partial charge in [0.1, 0.15) is 17.7 Å². The van der Waals surface area contributed by atoms with E-state index >= 15 is 0 Å². The normalized spacial score (nSPS) is 18.4. The second-order valence-corrected chi connectivity index (χ2v) is 6.75. The van der Waals surface area contributed by atoms with Crippen LogP contribution in [0, 0.1) is 22.7 Å². The third kappa shape index (κ3) is 2.99. The van der Waals surface area contributed by atoms with E-state index in [0.717, 1.165) is 49.8 Å². The monoisotopic (exact) mass is 301 g/mol. The minimum absolute atomic E-state index is 0.123. The first-order chi connectivity index (χ1) is 10.1. The van der Waals surface area contributed by atoms with Crippen LogP contribution in [0.2, 0.25) is 0 Å². The SMILES string of the molecule is CCCCC1CCCc2nc(C#N)c(C#N)c(S(C)=O)c21. The second-order valence-electron chi connectivity index (χ2n) is 5.43. The molecule has 0 bridgehead atoms. The van der Waals surface area contributed by atoms with Gasteiger partial charge in [0.15, 0.2) is 5.69 Å². The highest BCUT2D eigenvalue weighted by atomic mass is 32.2. The van der Waals surface area contributed by atoms with Gasteiger partial charge in [-0.15, -0.1) is 0 Å². The van der Waals surface area contributed by atoms with Crippen molar-refractivity contribution in [1.29, 1.82) is 10.5 Å². The highest BCUT2D eigenvalue weighted by Gasteiger charge is 2.29. The molecule has 2 rings (SSSR count). The summed E-state index contributed by atoms with van der Waals surface area (Å²) in [5.74, 6) is 0.319. The summed E-state index contributed by atoms with van der Waals surface area (Å²) < 4.78 is 12.2. The van der Waals surface area contributed by atoms with Crippen molar-refractivity contribution in [2.24, 2.45) is 0 Å². The molecule has 0 radical (unpaired) electrons. The number of pyridine rings is 1. The van der Waals surface area contributed by atoms with Gasteiger partial charge in [0.2, 0.25) is 0 Å². The van der Waals surface area contributed by atoms with E-state index < -0.39 is 10.8 Å². The van der Waals surface area contributed by atoms with Gasteiger partial charge in [0.05, 0.1) is 15.7 Å². The fourth-order valence-corrected chi connectivity index (χ4v) is 4.14. The van der Waals surface area contributed by atoms with Gasteiger partial charge in [-0.1, -0.05) is 19.8 Å². The van der Waals surface area contributed by atoms with Crippen LogP contribution in [-0.4, -0.2) is 15.4 Å². The van der Waals surface area contributed by atoms with E-state index in [9.17, 15) is 14.7 Å². The fourth-order valence-electron chi connectivity index (χ4n) is 3.12. The summed E-state index contributed by atoms with van der Waals surface area (Å²) in [5.41, 5.74) is 2.20. The molecule has 0 saturated carbocycles. The van der Waals surface area contributed by atoms with E-state index in [0.29, 0.717) is 10.8 Å². The van der Waals surface area contributed by atoms with Crippen LogP contribution in [-0.2, 0) is 17.2 Å². The van der Waals surface area contributed by atoms with E-state index in [2.05, 4.69) is 11.9 Å². The van der Waals surface area contributed by atoms with E-state index in [-0.39, 0.29) is 11.3 Å². The molecule has 1 aromatic rings. The van der Waals surface area contributed by atoms with Crippen molar-refractivity contribution in [1.82, 2.24) is 4.98 Å². The zero-order chi connectivity index (χ0) is 15.4. The van der Waals surface area contributed by atoms with Gasteiger partial charge in [-0.25, -0.2) is 4.98 Å². The Morgan fingerprint density at radius 2 is 2.14 bits per heavy atom. The number of nitrogens with zero attached hydrogens (tertiary/aromatic N) is 3. The standard InChI is InChI=1S/C16H19N3OS/c1-3-4-6-11-7-5-8-13-15(11)16(21(2)20)12(9-17)14(10-18)19-13/h11H,3-8H2,1-2H3. The van der Waals surface area contributed by atoms with Crippen molar-refractivity contribution in [2.45, 2.75) is 56.3 Å². The third-order valence-corrected chi connectivity index (χ3v) is 5.05. The van der Waals surface area contributed by atoms with Crippen molar-refractivity contribution >= 4 is 10.8 Å². The average Bonchev–Trinajstić information content (AvgIpc) is 2.50. The first kappa shape index (κ1) is 15.7. The number of fused-ring (bicyclic) bond motifs is 1. The molecule has 1 aromatic heterocycles. The number of hydrogen-bond donors (Lipinski definition) is 0. The van der Waals surface area contributed by atoms with Gasteiger partial charge in [-0.3, -0.25) is 4.21 Å². The highest BCUT2D eigenvalue weighted by Crippen LogP contribution is 2.39. The molecule has 2 unspecified atom stereocenters. The summed E-state index contributed by atoms with van der Waals surface area (Å²) in [6.45, 7) is 2.15. The third-order valence-electron chi connectivity index (χ3n) is 4.05. The number of hydrogen-bond acceptors (Lipinski definition) is 4. The predicted molar refractivity (Wildman–Crippen MR) is 81.2 cm³/mol. The Kier molecular flexibility index (Phi) is 5.09. The molecule has 0 amide bonds. The van der Waals surface area contributed by atoms with Gasteiger partial charge in [0.25, 0.3) is 0 Å². The first-order valence-electron chi connectivity index (χ1n) is 7.34. The van der Waals surface area contributed by atoms with Crippen molar-refractivity contribution < 1.29 is 4.21 Å². The fraction of sp³-hybridized carbons (Fsp3) is 0.562. The average molecular weight is 301 g/mol. The molecule has 1 aliphatic rings. The second kappa shape index (κ2) is 6.83. The summed E-state index contributed by atoms with van der Waals surface area (Å²) in [5, 5.41) is 18.6. The summed E-state index contributed by atoms with van der Waals surface area (Å²) in [4.78, 5) is 4.94. The number of rotatable bonds is 4. The number of aryl methyl sites for hydroxylation is 1. The van der Waals surface area contributed by atoms with Gasteiger partial charge in [-0.05, 0) is 37.2 Å².